The van der Waals surface area contributed by atoms with Crippen molar-refractivity contribution in [3.63, 3.8) is 0 Å². The molecule has 4 nitrogen and oxygen atoms in total. The molecule has 3 heterocycles. The lowest BCUT2D eigenvalue weighted by molar-refractivity contribution is 0.199. The van der Waals surface area contributed by atoms with Crippen molar-refractivity contribution in [1.29, 1.82) is 0 Å². The second-order valence-corrected chi connectivity index (χ2v) is 7.38. The van der Waals surface area contributed by atoms with Crippen molar-refractivity contribution in [2.45, 2.75) is 25.4 Å². The smallest absolute Gasteiger partial charge is 0.131 e. The van der Waals surface area contributed by atoms with E-state index in [0.29, 0.717) is 6.04 Å². The molecule has 0 amide bonds. The molecule has 24 heavy (non-hydrogen) atoms. The third kappa shape index (κ3) is 3.14. The van der Waals surface area contributed by atoms with Crippen LogP contribution in [0.3, 0.4) is 0 Å². The Morgan fingerprint density at radius 3 is 3.08 bits per heavy atom. The van der Waals surface area contributed by atoms with Crippen molar-refractivity contribution in [2.75, 3.05) is 25.0 Å². The Hall–Kier alpha value is -1.98. The van der Waals surface area contributed by atoms with E-state index in [1.165, 1.54) is 35.0 Å². The van der Waals surface area contributed by atoms with Crippen molar-refractivity contribution in [3.8, 4) is 0 Å². The number of nitrogens with zero attached hydrogens (tertiary/aromatic N) is 4. The summed E-state index contributed by atoms with van der Waals surface area (Å²) in [5, 5.41) is 3.73. The number of thiophene rings is 1. The van der Waals surface area contributed by atoms with Gasteiger partial charge >= 0.3 is 0 Å². The highest BCUT2D eigenvalue weighted by molar-refractivity contribution is 7.17. The molecule has 1 aromatic carbocycles. The predicted molar refractivity (Wildman–Crippen MR) is 101 cm³/mol. The Balaban J connectivity index is 1.47. The zero-order chi connectivity index (χ0) is 16.4. The number of likely N-dealkylation sites (tertiary alicyclic amines) is 1. The van der Waals surface area contributed by atoms with Crippen LogP contribution < -0.4 is 4.90 Å². The maximum absolute atomic E-state index is 4.39. The van der Waals surface area contributed by atoms with E-state index in [9.17, 15) is 0 Å². The largest absolute Gasteiger partial charge is 0.355 e. The van der Waals surface area contributed by atoms with Crippen molar-refractivity contribution in [3.05, 3.63) is 53.8 Å². The number of hydrogen-bond acceptors (Lipinski definition) is 5. The molecule has 124 valence electrons. The van der Waals surface area contributed by atoms with Crippen LogP contribution in [0.5, 0.6) is 0 Å². The Kier molecular flexibility index (Phi) is 4.45. The van der Waals surface area contributed by atoms with Gasteiger partial charge in [0.1, 0.15) is 12.1 Å². The molecule has 1 unspecified atom stereocenters. The first-order valence-electron chi connectivity index (χ1n) is 8.47. The van der Waals surface area contributed by atoms with Crippen molar-refractivity contribution >= 4 is 27.2 Å². The molecule has 0 saturated carbocycles. The van der Waals surface area contributed by atoms with Crippen LogP contribution in [0.2, 0.25) is 0 Å². The van der Waals surface area contributed by atoms with Crippen LogP contribution in [0, 0.1) is 0 Å². The van der Waals surface area contributed by atoms with Gasteiger partial charge in [-0.1, -0.05) is 18.2 Å². The van der Waals surface area contributed by atoms with Gasteiger partial charge < -0.3 is 4.90 Å². The minimum Gasteiger partial charge on any atom is -0.355 e. The number of benzene rings is 1. The van der Waals surface area contributed by atoms with Gasteiger partial charge in [-0.05, 0) is 47.8 Å². The molecule has 1 atom stereocenters. The quantitative estimate of drug-likeness (QED) is 0.724. The molecular formula is C19H22N4S. The minimum absolute atomic E-state index is 0.513. The van der Waals surface area contributed by atoms with E-state index in [1.807, 2.05) is 23.6 Å². The summed E-state index contributed by atoms with van der Waals surface area (Å²) in [4.78, 5) is 13.3. The highest BCUT2D eigenvalue weighted by Crippen LogP contribution is 2.28. The molecular weight excluding hydrogens is 316 g/mol. The zero-order valence-corrected chi connectivity index (χ0v) is 14.7. The molecule has 0 spiro atoms. The Labute approximate surface area is 146 Å². The van der Waals surface area contributed by atoms with E-state index in [1.54, 1.807) is 6.33 Å². The SMILES string of the molecule is CN(c1ccncn1)C1CCCN(Cc2csc3ccccc23)C1. The fourth-order valence-corrected chi connectivity index (χ4v) is 4.52. The van der Waals surface area contributed by atoms with Crippen molar-refractivity contribution < 1.29 is 0 Å². The lowest BCUT2D eigenvalue weighted by Crippen LogP contribution is -2.46. The van der Waals surface area contributed by atoms with Crippen LogP contribution >= 0.6 is 11.3 Å². The van der Waals surface area contributed by atoms with E-state index in [2.05, 4.69) is 56.5 Å². The highest BCUT2D eigenvalue weighted by atomic mass is 32.1. The van der Waals surface area contributed by atoms with E-state index in [0.717, 1.165) is 18.9 Å². The van der Waals surface area contributed by atoms with Gasteiger partial charge in [-0.3, -0.25) is 4.90 Å². The average molecular weight is 338 g/mol. The topological polar surface area (TPSA) is 32.3 Å². The van der Waals surface area contributed by atoms with E-state index in [4.69, 9.17) is 0 Å². The summed E-state index contributed by atoms with van der Waals surface area (Å²) >= 11 is 1.85. The van der Waals surface area contributed by atoms with Crippen LogP contribution in [-0.4, -0.2) is 41.0 Å². The molecule has 0 aliphatic carbocycles. The molecule has 2 aromatic heterocycles. The number of fused-ring (bicyclic) bond motifs is 1. The second-order valence-electron chi connectivity index (χ2n) is 6.47. The van der Waals surface area contributed by atoms with Gasteiger partial charge in [0, 0.05) is 37.1 Å². The monoisotopic (exact) mass is 338 g/mol. The third-order valence-corrected chi connectivity index (χ3v) is 5.92. The second kappa shape index (κ2) is 6.87. The maximum atomic E-state index is 4.39. The predicted octanol–water partition coefficient (Wildman–Crippen LogP) is 3.79. The highest BCUT2D eigenvalue weighted by Gasteiger charge is 2.24. The zero-order valence-electron chi connectivity index (χ0n) is 13.9. The summed E-state index contributed by atoms with van der Waals surface area (Å²) < 4.78 is 1.39. The van der Waals surface area contributed by atoms with Crippen LogP contribution in [0.1, 0.15) is 18.4 Å². The molecule has 0 N–H and O–H groups in total. The van der Waals surface area contributed by atoms with Gasteiger partial charge in [0.15, 0.2) is 0 Å². The Bertz CT molecular complexity index is 801. The van der Waals surface area contributed by atoms with Crippen LogP contribution in [0.25, 0.3) is 10.1 Å². The van der Waals surface area contributed by atoms with E-state index in [-0.39, 0.29) is 0 Å². The number of piperidine rings is 1. The van der Waals surface area contributed by atoms with Gasteiger partial charge in [0.25, 0.3) is 0 Å². The normalized spacial score (nSPS) is 18.8. The molecule has 0 bridgehead atoms. The van der Waals surface area contributed by atoms with Crippen LogP contribution in [0.4, 0.5) is 5.82 Å². The van der Waals surface area contributed by atoms with E-state index >= 15 is 0 Å². The summed E-state index contributed by atoms with van der Waals surface area (Å²) in [6.07, 6.45) is 5.91. The fraction of sp³-hybridized carbons (Fsp3) is 0.368. The molecule has 4 rings (SSSR count). The Morgan fingerprint density at radius 1 is 1.29 bits per heavy atom. The minimum atomic E-state index is 0.513. The number of hydrogen-bond donors (Lipinski definition) is 0. The molecule has 1 saturated heterocycles. The molecule has 5 heteroatoms. The van der Waals surface area contributed by atoms with Gasteiger partial charge in [0.2, 0.25) is 0 Å². The number of likely N-dealkylation sites (N-methyl/N-ethyl adjacent to an activating group) is 1. The molecule has 1 fully saturated rings. The summed E-state index contributed by atoms with van der Waals surface area (Å²) in [6.45, 7) is 3.31. The van der Waals surface area contributed by atoms with Gasteiger partial charge in [0.05, 0.1) is 0 Å². The van der Waals surface area contributed by atoms with Crippen molar-refractivity contribution in [1.82, 2.24) is 14.9 Å². The summed E-state index contributed by atoms with van der Waals surface area (Å²) in [5.41, 5.74) is 1.46. The first-order valence-corrected chi connectivity index (χ1v) is 9.35. The maximum Gasteiger partial charge on any atom is 0.131 e. The van der Waals surface area contributed by atoms with Crippen LogP contribution in [0.15, 0.2) is 48.2 Å². The number of anilines is 1. The van der Waals surface area contributed by atoms with Crippen LogP contribution in [-0.2, 0) is 6.54 Å². The van der Waals surface area contributed by atoms with Gasteiger partial charge in [-0.25, -0.2) is 9.97 Å². The number of rotatable bonds is 4. The molecule has 1 aliphatic heterocycles. The standard InChI is InChI=1S/C19H22N4S/c1-22(19-8-9-20-14-21-19)16-5-4-10-23(12-16)11-15-13-24-18-7-3-2-6-17(15)18/h2-3,6-9,13-14,16H,4-5,10-12H2,1H3. The summed E-state index contributed by atoms with van der Waals surface area (Å²) in [7, 11) is 2.15. The molecule has 1 aliphatic rings. The molecule has 0 radical (unpaired) electrons. The Morgan fingerprint density at radius 2 is 2.21 bits per heavy atom. The van der Waals surface area contributed by atoms with E-state index < -0.39 is 0 Å². The summed E-state index contributed by atoms with van der Waals surface area (Å²) in [5.74, 6) is 1.01. The first-order chi connectivity index (χ1) is 11.8. The third-order valence-electron chi connectivity index (χ3n) is 4.91. The van der Waals surface area contributed by atoms with Crippen molar-refractivity contribution in [2.24, 2.45) is 0 Å². The fourth-order valence-electron chi connectivity index (χ4n) is 3.57. The van der Waals surface area contributed by atoms with Gasteiger partial charge in [-0.15, -0.1) is 11.3 Å². The summed E-state index contributed by atoms with van der Waals surface area (Å²) in [6, 6.07) is 11.2. The number of aromatic nitrogens is 2. The lowest BCUT2D eigenvalue weighted by atomic mass is 10.0. The lowest BCUT2D eigenvalue weighted by Gasteiger charge is -2.38. The average Bonchev–Trinajstić information content (AvgIpc) is 3.05. The molecule has 3 aromatic rings. The first kappa shape index (κ1) is 15.5. The van der Waals surface area contributed by atoms with Gasteiger partial charge in [-0.2, -0.15) is 0 Å².